The van der Waals surface area contributed by atoms with Gasteiger partial charge in [-0.2, -0.15) is 0 Å². The van der Waals surface area contributed by atoms with Crippen LogP contribution in [0.3, 0.4) is 0 Å². The molecule has 0 aliphatic heterocycles. The minimum atomic E-state index is -0.968. The highest BCUT2D eigenvalue weighted by Crippen LogP contribution is 2.24. The van der Waals surface area contributed by atoms with E-state index in [1.165, 1.54) is 35.3 Å². The molecule has 0 saturated heterocycles. The van der Waals surface area contributed by atoms with Gasteiger partial charge in [-0.25, -0.2) is 4.98 Å². The maximum Gasteiger partial charge on any atom is 0.309 e. The second kappa shape index (κ2) is 7.12. The molecule has 1 aromatic heterocycles. The standard InChI is InChI=1S/C16H18N4O5/c1-16(2,15(22)23)5-6-18-14(21)11-3-4-12(13(9-11)20(24)25)19-8-7-17-10-19/h3-4,7-10H,5-6H2,1-2H3,(H,18,21)(H,22,23). The van der Waals surface area contributed by atoms with Crippen LogP contribution in [0, 0.1) is 15.5 Å². The number of carboxylic acid groups (broad SMARTS) is 1. The largest absolute Gasteiger partial charge is 0.481 e. The third-order valence-corrected chi connectivity index (χ3v) is 3.83. The van der Waals surface area contributed by atoms with E-state index in [1.807, 2.05) is 0 Å². The van der Waals surface area contributed by atoms with E-state index in [9.17, 15) is 19.7 Å². The highest BCUT2D eigenvalue weighted by atomic mass is 16.6. The van der Waals surface area contributed by atoms with E-state index in [1.54, 1.807) is 20.0 Å². The zero-order valence-electron chi connectivity index (χ0n) is 13.8. The monoisotopic (exact) mass is 346 g/mol. The van der Waals surface area contributed by atoms with Crippen LogP contribution in [0.4, 0.5) is 5.69 Å². The molecule has 0 bridgehead atoms. The summed E-state index contributed by atoms with van der Waals surface area (Å²) in [6.07, 6.45) is 4.73. The van der Waals surface area contributed by atoms with Crippen molar-refractivity contribution in [1.29, 1.82) is 0 Å². The Morgan fingerprint density at radius 2 is 2.12 bits per heavy atom. The molecule has 0 aliphatic carbocycles. The molecule has 9 heteroatoms. The van der Waals surface area contributed by atoms with Crippen molar-refractivity contribution in [3.05, 3.63) is 52.6 Å². The molecule has 0 aliphatic rings. The molecular weight excluding hydrogens is 328 g/mol. The number of nitro benzene ring substituents is 1. The number of hydrogen-bond acceptors (Lipinski definition) is 5. The van der Waals surface area contributed by atoms with Crippen LogP contribution < -0.4 is 5.32 Å². The van der Waals surface area contributed by atoms with Crippen molar-refractivity contribution in [2.24, 2.45) is 5.41 Å². The molecule has 1 heterocycles. The van der Waals surface area contributed by atoms with Crippen molar-refractivity contribution >= 4 is 17.6 Å². The van der Waals surface area contributed by atoms with Gasteiger partial charge in [-0.05, 0) is 32.4 Å². The Morgan fingerprint density at radius 1 is 1.40 bits per heavy atom. The van der Waals surface area contributed by atoms with E-state index in [0.29, 0.717) is 5.69 Å². The number of nitrogens with one attached hydrogen (secondary N) is 1. The molecule has 0 radical (unpaired) electrons. The lowest BCUT2D eigenvalue weighted by atomic mass is 9.90. The Balaban J connectivity index is 2.14. The summed E-state index contributed by atoms with van der Waals surface area (Å²) in [7, 11) is 0. The second-order valence-electron chi connectivity index (χ2n) is 6.13. The summed E-state index contributed by atoms with van der Waals surface area (Å²) in [5, 5.41) is 22.9. The number of carboxylic acids is 1. The van der Waals surface area contributed by atoms with Gasteiger partial charge in [0.05, 0.1) is 16.7 Å². The number of nitro groups is 1. The van der Waals surface area contributed by atoms with E-state index in [4.69, 9.17) is 5.11 Å². The van der Waals surface area contributed by atoms with Gasteiger partial charge in [0.1, 0.15) is 5.69 Å². The van der Waals surface area contributed by atoms with Crippen molar-refractivity contribution < 1.29 is 19.6 Å². The van der Waals surface area contributed by atoms with Crippen LogP contribution in [-0.4, -0.2) is 38.0 Å². The molecule has 0 atom stereocenters. The Bertz CT molecular complexity index is 799. The molecule has 132 valence electrons. The number of rotatable bonds is 7. The first-order valence-electron chi connectivity index (χ1n) is 7.51. The van der Waals surface area contributed by atoms with Gasteiger partial charge in [0.15, 0.2) is 0 Å². The Hall–Kier alpha value is -3.23. The maximum absolute atomic E-state index is 12.2. The second-order valence-corrected chi connectivity index (χ2v) is 6.13. The van der Waals surface area contributed by atoms with E-state index >= 15 is 0 Å². The number of benzene rings is 1. The molecule has 0 spiro atoms. The van der Waals surface area contributed by atoms with Crippen molar-refractivity contribution in [3.8, 4) is 5.69 Å². The number of aliphatic carboxylic acids is 1. The van der Waals surface area contributed by atoms with Crippen molar-refractivity contribution in [3.63, 3.8) is 0 Å². The highest BCUT2D eigenvalue weighted by molar-refractivity contribution is 5.95. The lowest BCUT2D eigenvalue weighted by Gasteiger charge is -2.18. The summed E-state index contributed by atoms with van der Waals surface area (Å²) in [6.45, 7) is 3.27. The fourth-order valence-electron chi connectivity index (χ4n) is 2.13. The molecule has 9 nitrogen and oxygen atoms in total. The smallest absolute Gasteiger partial charge is 0.309 e. The van der Waals surface area contributed by atoms with Crippen LogP contribution in [-0.2, 0) is 4.79 Å². The minimum absolute atomic E-state index is 0.128. The van der Waals surface area contributed by atoms with Crippen LogP contribution in [0.25, 0.3) is 5.69 Å². The minimum Gasteiger partial charge on any atom is -0.481 e. The van der Waals surface area contributed by atoms with Gasteiger partial charge < -0.3 is 15.0 Å². The zero-order valence-corrected chi connectivity index (χ0v) is 13.8. The molecule has 1 amide bonds. The van der Waals surface area contributed by atoms with Crippen LogP contribution in [0.2, 0.25) is 0 Å². The van der Waals surface area contributed by atoms with Crippen LogP contribution in [0.15, 0.2) is 36.9 Å². The SMILES string of the molecule is CC(C)(CCNC(=O)c1ccc(-n2ccnc2)c([N+](=O)[O-])c1)C(=O)O. The molecule has 0 unspecified atom stereocenters. The average Bonchev–Trinajstić information content (AvgIpc) is 3.08. The summed E-state index contributed by atoms with van der Waals surface area (Å²) in [5.41, 5.74) is -0.767. The van der Waals surface area contributed by atoms with Gasteiger partial charge in [0.25, 0.3) is 11.6 Å². The fraction of sp³-hybridized carbons (Fsp3) is 0.312. The molecule has 1 aromatic carbocycles. The quantitative estimate of drug-likeness (QED) is 0.583. The van der Waals surface area contributed by atoms with Crippen LogP contribution >= 0.6 is 0 Å². The number of amides is 1. The Morgan fingerprint density at radius 3 is 2.68 bits per heavy atom. The Kier molecular flexibility index (Phi) is 5.16. The first kappa shape index (κ1) is 18.1. The average molecular weight is 346 g/mol. The van der Waals surface area contributed by atoms with Gasteiger partial charge >= 0.3 is 5.97 Å². The molecule has 0 fully saturated rings. The number of hydrogen-bond donors (Lipinski definition) is 2. The molecule has 0 saturated carbocycles. The predicted octanol–water partition coefficient (Wildman–Crippen LogP) is 2.01. The van der Waals surface area contributed by atoms with Gasteiger partial charge in [-0.15, -0.1) is 0 Å². The third-order valence-electron chi connectivity index (χ3n) is 3.83. The van der Waals surface area contributed by atoms with E-state index in [2.05, 4.69) is 10.3 Å². The van der Waals surface area contributed by atoms with E-state index in [-0.39, 0.29) is 24.2 Å². The molecular formula is C16H18N4O5. The lowest BCUT2D eigenvalue weighted by molar-refractivity contribution is -0.384. The normalized spacial score (nSPS) is 11.1. The first-order valence-corrected chi connectivity index (χ1v) is 7.51. The first-order chi connectivity index (χ1) is 11.7. The van der Waals surface area contributed by atoms with Crippen LogP contribution in [0.5, 0.6) is 0 Å². The number of nitrogens with zero attached hydrogens (tertiary/aromatic N) is 3. The van der Waals surface area contributed by atoms with Crippen molar-refractivity contribution in [2.75, 3.05) is 6.54 Å². The Labute approximate surface area is 143 Å². The summed E-state index contributed by atoms with van der Waals surface area (Å²) in [6, 6.07) is 4.13. The number of imidazole rings is 1. The predicted molar refractivity (Wildman–Crippen MR) is 88.6 cm³/mol. The molecule has 2 aromatic rings. The molecule has 2 rings (SSSR count). The van der Waals surface area contributed by atoms with E-state index < -0.39 is 22.2 Å². The summed E-state index contributed by atoms with van der Waals surface area (Å²) in [4.78, 5) is 37.8. The van der Waals surface area contributed by atoms with Gasteiger partial charge in [-0.1, -0.05) is 0 Å². The van der Waals surface area contributed by atoms with Crippen molar-refractivity contribution in [2.45, 2.75) is 20.3 Å². The van der Waals surface area contributed by atoms with Crippen LogP contribution in [0.1, 0.15) is 30.6 Å². The number of carbonyl (C=O) groups excluding carboxylic acids is 1. The van der Waals surface area contributed by atoms with Gasteiger partial charge in [0, 0.05) is 30.6 Å². The topological polar surface area (TPSA) is 127 Å². The summed E-state index contributed by atoms with van der Waals surface area (Å²) in [5.74, 6) is -1.46. The fourth-order valence-corrected chi connectivity index (χ4v) is 2.13. The third kappa shape index (κ3) is 4.19. The molecule has 25 heavy (non-hydrogen) atoms. The lowest BCUT2D eigenvalue weighted by Crippen LogP contribution is -2.32. The zero-order chi connectivity index (χ0) is 18.6. The van der Waals surface area contributed by atoms with E-state index in [0.717, 1.165) is 0 Å². The van der Waals surface area contributed by atoms with Crippen molar-refractivity contribution in [1.82, 2.24) is 14.9 Å². The maximum atomic E-state index is 12.2. The number of aromatic nitrogens is 2. The number of carbonyl (C=O) groups is 2. The van der Waals surface area contributed by atoms with Gasteiger partial charge in [0.2, 0.25) is 0 Å². The molecule has 2 N–H and O–H groups in total. The van der Waals surface area contributed by atoms with Gasteiger partial charge in [-0.3, -0.25) is 19.7 Å². The highest BCUT2D eigenvalue weighted by Gasteiger charge is 2.27. The summed E-state index contributed by atoms with van der Waals surface area (Å²) < 4.78 is 1.48. The summed E-state index contributed by atoms with van der Waals surface area (Å²) >= 11 is 0.